The first-order chi connectivity index (χ1) is 7.85. The van der Waals surface area contributed by atoms with Crippen LogP contribution in [0, 0.1) is 5.92 Å². The van der Waals surface area contributed by atoms with Gasteiger partial charge in [-0.15, -0.1) is 0 Å². The highest BCUT2D eigenvalue weighted by Crippen LogP contribution is 2.36. The SMILES string of the molecule is NNc1ncc(CN(CC2CC2)C2CC2)s1. The predicted octanol–water partition coefficient (Wildman–Crippen LogP) is 1.80. The lowest BCUT2D eigenvalue weighted by atomic mass is 10.3. The van der Waals surface area contributed by atoms with Crippen molar-refractivity contribution in [3.05, 3.63) is 11.1 Å². The van der Waals surface area contributed by atoms with Crippen molar-refractivity contribution >= 4 is 16.5 Å². The van der Waals surface area contributed by atoms with Crippen molar-refractivity contribution in [3.8, 4) is 0 Å². The number of aromatic nitrogens is 1. The Balaban J connectivity index is 1.60. The standard InChI is InChI=1S/C11H18N4S/c12-14-11-13-5-10(16-11)7-15(9-3-4-9)6-8-1-2-8/h5,8-9H,1-4,6-7,12H2,(H,13,14). The van der Waals surface area contributed by atoms with Crippen LogP contribution in [0.1, 0.15) is 30.6 Å². The number of nitrogen functional groups attached to an aromatic ring is 1. The van der Waals surface area contributed by atoms with Crippen molar-refractivity contribution in [1.29, 1.82) is 0 Å². The Morgan fingerprint density at radius 2 is 2.25 bits per heavy atom. The van der Waals surface area contributed by atoms with Gasteiger partial charge in [0.15, 0.2) is 5.13 Å². The van der Waals surface area contributed by atoms with Crippen molar-refractivity contribution in [2.75, 3.05) is 12.0 Å². The fraction of sp³-hybridized carbons (Fsp3) is 0.727. The minimum atomic E-state index is 0.817. The van der Waals surface area contributed by atoms with E-state index in [-0.39, 0.29) is 0 Å². The number of nitrogens with zero attached hydrogens (tertiary/aromatic N) is 2. The van der Waals surface area contributed by atoms with E-state index >= 15 is 0 Å². The number of hydrogen-bond acceptors (Lipinski definition) is 5. The molecule has 3 rings (SSSR count). The molecule has 0 atom stereocenters. The summed E-state index contributed by atoms with van der Waals surface area (Å²) in [5.74, 6) is 6.31. The zero-order valence-corrected chi connectivity index (χ0v) is 10.2. The zero-order valence-electron chi connectivity index (χ0n) is 9.35. The molecule has 1 aromatic rings. The Hall–Kier alpha value is -0.650. The average Bonchev–Trinajstić information content (AvgIpc) is 3.17. The molecule has 88 valence electrons. The van der Waals surface area contributed by atoms with E-state index in [9.17, 15) is 0 Å². The zero-order chi connectivity index (χ0) is 11.0. The Labute approximate surface area is 99.8 Å². The maximum absolute atomic E-state index is 5.34. The molecule has 0 amide bonds. The first-order valence-electron chi connectivity index (χ1n) is 6.00. The van der Waals surface area contributed by atoms with Crippen molar-refractivity contribution < 1.29 is 0 Å². The first kappa shape index (κ1) is 10.5. The molecule has 3 N–H and O–H groups in total. The van der Waals surface area contributed by atoms with Crippen LogP contribution in [0.3, 0.4) is 0 Å². The summed E-state index contributed by atoms with van der Waals surface area (Å²) in [6.07, 6.45) is 7.58. The van der Waals surface area contributed by atoms with Crippen LogP contribution in [0.4, 0.5) is 5.13 Å². The summed E-state index contributed by atoms with van der Waals surface area (Å²) in [7, 11) is 0. The van der Waals surface area contributed by atoms with Crippen LogP contribution in [0.2, 0.25) is 0 Å². The number of nitrogens with one attached hydrogen (secondary N) is 1. The highest BCUT2D eigenvalue weighted by atomic mass is 32.1. The molecule has 1 aromatic heterocycles. The average molecular weight is 238 g/mol. The van der Waals surface area contributed by atoms with Crippen molar-refractivity contribution in [2.45, 2.75) is 38.3 Å². The van der Waals surface area contributed by atoms with Gasteiger partial charge in [0.05, 0.1) is 0 Å². The van der Waals surface area contributed by atoms with Crippen LogP contribution < -0.4 is 11.3 Å². The lowest BCUT2D eigenvalue weighted by Crippen LogP contribution is -2.27. The second-order valence-electron chi connectivity index (χ2n) is 4.88. The van der Waals surface area contributed by atoms with Gasteiger partial charge >= 0.3 is 0 Å². The summed E-state index contributed by atoms with van der Waals surface area (Å²) in [5, 5.41) is 0.817. The Kier molecular flexibility index (Phi) is 2.83. The van der Waals surface area contributed by atoms with E-state index in [1.54, 1.807) is 11.3 Å². The molecule has 4 nitrogen and oxygen atoms in total. The van der Waals surface area contributed by atoms with Gasteiger partial charge in [-0.3, -0.25) is 10.3 Å². The smallest absolute Gasteiger partial charge is 0.197 e. The number of hydrogen-bond donors (Lipinski definition) is 2. The minimum Gasteiger partial charge on any atom is -0.300 e. The second kappa shape index (κ2) is 4.31. The Morgan fingerprint density at radius 1 is 1.44 bits per heavy atom. The lowest BCUT2D eigenvalue weighted by molar-refractivity contribution is 0.246. The largest absolute Gasteiger partial charge is 0.300 e. The predicted molar refractivity (Wildman–Crippen MR) is 66.1 cm³/mol. The van der Waals surface area contributed by atoms with Crippen LogP contribution in [0.25, 0.3) is 0 Å². The third-order valence-electron chi connectivity index (χ3n) is 3.29. The molecule has 0 aliphatic heterocycles. The van der Waals surface area contributed by atoms with Crippen LogP contribution in [0.5, 0.6) is 0 Å². The molecule has 1 heterocycles. The first-order valence-corrected chi connectivity index (χ1v) is 6.82. The lowest BCUT2D eigenvalue weighted by Gasteiger charge is -2.20. The molecule has 16 heavy (non-hydrogen) atoms. The van der Waals surface area contributed by atoms with Crippen LogP contribution in [0.15, 0.2) is 6.20 Å². The number of rotatable bonds is 6. The minimum absolute atomic E-state index is 0.817. The molecule has 0 saturated heterocycles. The maximum Gasteiger partial charge on any atom is 0.197 e. The van der Waals surface area contributed by atoms with Gasteiger partial charge in [0.1, 0.15) is 0 Å². The third-order valence-corrected chi connectivity index (χ3v) is 4.20. The summed E-state index contributed by atoms with van der Waals surface area (Å²) in [4.78, 5) is 8.17. The molecule has 2 aliphatic rings. The summed E-state index contributed by atoms with van der Waals surface area (Å²) in [6, 6.07) is 0.844. The highest BCUT2D eigenvalue weighted by molar-refractivity contribution is 7.15. The molecule has 2 aliphatic carbocycles. The van der Waals surface area contributed by atoms with Gasteiger partial charge in [-0.25, -0.2) is 10.8 Å². The molecular weight excluding hydrogens is 220 g/mol. The quantitative estimate of drug-likeness (QED) is 0.586. The van der Waals surface area contributed by atoms with E-state index in [1.165, 1.54) is 37.1 Å². The fourth-order valence-corrected chi connectivity index (χ4v) is 2.81. The molecule has 0 aromatic carbocycles. The molecule has 0 spiro atoms. The number of hydrazine groups is 1. The highest BCUT2D eigenvalue weighted by Gasteiger charge is 2.33. The molecule has 5 heteroatoms. The molecule has 0 bridgehead atoms. The van der Waals surface area contributed by atoms with Crippen molar-refractivity contribution in [3.63, 3.8) is 0 Å². The van der Waals surface area contributed by atoms with E-state index in [1.807, 2.05) is 6.20 Å². The monoisotopic (exact) mass is 238 g/mol. The van der Waals surface area contributed by atoms with Crippen molar-refractivity contribution in [2.24, 2.45) is 11.8 Å². The van der Waals surface area contributed by atoms with Crippen LogP contribution in [-0.2, 0) is 6.54 Å². The maximum atomic E-state index is 5.34. The van der Waals surface area contributed by atoms with E-state index in [2.05, 4.69) is 15.3 Å². The van der Waals surface area contributed by atoms with Gasteiger partial charge < -0.3 is 0 Å². The van der Waals surface area contributed by atoms with Gasteiger partial charge in [-0.2, -0.15) is 0 Å². The van der Waals surface area contributed by atoms with Crippen LogP contribution >= 0.6 is 11.3 Å². The number of nitrogens with two attached hydrogens (primary N) is 1. The molecule has 0 radical (unpaired) electrons. The normalized spacial score (nSPS) is 20.4. The van der Waals surface area contributed by atoms with Gasteiger partial charge in [0.25, 0.3) is 0 Å². The van der Waals surface area contributed by atoms with Gasteiger partial charge in [0, 0.05) is 30.2 Å². The summed E-state index contributed by atoms with van der Waals surface area (Å²) in [5.41, 5.74) is 2.61. The third kappa shape index (κ3) is 2.53. The van der Waals surface area contributed by atoms with E-state index in [0.29, 0.717) is 0 Å². The summed E-state index contributed by atoms with van der Waals surface area (Å²) < 4.78 is 0. The molecule has 2 saturated carbocycles. The molecular formula is C11H18N4S. The summed E-state index contributed by atoms with van der Waals surface area (Å²) in [6.45, 7) is 2.34. The van der Waals surface area contributed by atoms with Gasteiger partial charge in [-0.1, -0.05) is 11.3 Å². The Morgan fingerprint density at radius 3 is 2.81 bits per heavy atom. The second-order valence-corrected chi connectivity index (χ2v) is 6.00. The van der Waals surface area contributed by atoms with E-state index in [0.717, 1.165) is 23.6 Å². The topological polar surface area (TPSA) is 54.2 Å². The van der Waals surface area contributed by atoms with E-state index in [4.69, 9.17) is 5.84 Å². The summed E-state index contributed by atoms with van der Waals surface area (Å²) >= 11 is 1.66. The van der Waals surface area contributed by atoms with Crippen LogP contribution in [-0.4, -0.2) is 22.5 Å². The number of anilines is 1. The molecule has 0 unspecified atom stereocenters. The van der Waals surface area contributed by atoms with Gasteiger partial charge in [0.2, 0.25) is 0 Å². The van der Waals surface area contributed by atoms with Gasteiger partial charge in [-0.05, 0) is 31.6 Å². The Bertz CT molecular complexity index is 357. The fourth-order valence-electron chi connectivity index (χ4n) is 2.06. The molecule has 2 fully saturated rings. The number of thiazole rings is 1. The van der Waals surface area contributed by atoms with Crippen molar-refractivity contribution in [1.82, 2.24) is 9.88 Å². The van der Waals surface area contributed by atoms with E-state index < -0.39 is 0 Å².